The highest BCUT2D eigenvalue weighted by Gasteiger charge is 2.23. The van der Waals surface area contributed by atoms with Crippen LogP contribution in [0.2, 0.25) is 0 Å². The fourth-order valence-electron chi connectivity index (χ4n) is 3.44. The molecule has 0 atom stereocenters. The van der Waals surface area contributed by atoms with Crippen LogP contribution in [0, 0.1) is 0 Å². The molecule has 1 aliphatic heterocycles. The van der Waals surface area contributed by atoms with Gasteiger partial charge in [0.25, 0.3) is 5.56 Å². The largest absolute Gasteiger partial charge is 0.494 e. The lowest BCUT2D eigenvalue weighted by atomic mass is 10.1. The molecule has 1 fully saturated rings. The first-order valence-electron chi connectivity index (χ1n) is 10.2. The Kier molecular flexibility index (Phi) is 6.21. The zero-order valence-electron chi connectivity index (χ0n) is 17.3. The number of carbonyl (C=O) groups excluding carboxylic acids is 1. The van der Waals surface area contributed by atoms with Crippen molar-refractivity contribution in [1.82, 2.24) is 24.6 Å². The lowest BCUT2D eigenvalue weighted by Crippen LogP contribution is -2.50. The number of aromatic nitrogens is 4. The van der Waals surface area contributed by atoms with Gasteiger partial charge in [-0.1, -0.05) is 0 Å². The van der Waals surface area contributed by atoms with Crippen LogP contribution in [0.5, 0.6) is 5.75 Å². The molecular formula is C22H24N6O3. The Balaban J connectivity index is 1.41. The van der Waals surface area contributed by atoms with Crippen molar-refractivity contribution in [3.05, 3.63) is 65.2 Å². The molecule has 1 aromatic carbocycles. The van der Waals surface area contributed by atoms with Gasteiger partial charge in [0.1, 0.15) is 12.3 Å². The number of anilines is 1. The van der Waals surface area contributed by atoms with Gasteiger partial charge in [0.05, 0.1) is 12.3 Å². The normalized spacial score (nSPS) is 13.8. The van der Waals surface area contributed by atoms with Crippen molar-refractivity contribution in [2.45, 2.75) is 13.5 Å². The van der Waals surface area contributed by atoms with Gasteiger partial charge in [-0.25, -0.2) is 14.6 Å². The summed E-state index contributed by atoms with van der Waals surface area (Å²) in [5.41, 5.74) is 1.17. The zero-order valence-corrected chi connectivity index (χ0v) is 17.3. The first kappa shape index (κ1) is 20.5. The summed E-state index contributed by atoms with van der Waals surface area (Å²) in [6, 6.07) is 12.4. The van der Waals surface area contributed by atoms with E-state index in [0.29, 0.717) is 44.4 Å². The number of ether oxygens (including phenoxy) is 1. The number of rotatable bonds is 6. The minimum Gasteiger partial charge on any atom is -0.494 e. The summed E-state index contributed by atoms with van der Waals surface area (Å²) in [6.07, 6.45) is 3.41. The molecule has 9 nitrogen and oxygen atoms in total. The van der Waals surface area contributed by atoms with Gasteiger partial charge in [-0.3, -0.25) is 9.59 Å². The summed E-state index contributed by atoms with van der Waals surface area (Å²) in [6.45, 7) is 4.81. The summed E-state index contributed by atoms with van der Waals surface area (Å²) in [5.74, 6) is 1.30. The second-order valence-electron chi connectivity index (χ2n) is 7.09. The number of benzene rings is 1. The molecule has 2 aromatic heterocycles. The van der Waals surface area contributed by atoms with E-state index in [1.54, 1.807) is 29.4 Å². The van der Waals surface area contributed by atoms with Crippen LogP contribution in [-0.2, 0) is 11.3 Å². The molecule has 0 saturated carbocycles. The molecule has 1 amide bonds. The van der Waals surface area contributed by atoms with Gasteiger partial charge in [0.15, 0.2) is 0 Å². The van der Waals surface area contributed by atoms with Crippen LogP contribution < -0.4 is 15.2 Å². The van der Waals surface area contributed by atoms with Crippen LogP contribution in [0.25, 0.3) is 11.3 Å². The molecule has 0 unspecified atom stereocenters. The maximum atomic E-state index is 12.8. The average Bonchev–Trinajstić information content (AvgIpc) is 2.82. The van der Waals surface area contributed by atoms with E-state index in [-0.39, 0.29) is 18.0 Å². The lowest BCUT2D eigenvalue weighted by Gasteiger charge is -2.34. The van der Waals surface area contributed by atoms with Crippen molar-refractivity contribution in [2.24, 2.45) is 0 Å². The summed E-state index contributed by atoms with van der Waals surface area (Å²) < 4.78 is 6.68. The number of carbonyl (C=O) groups is 1. The Morgan fingerprint density at radius 3 is 2.39 bits per heavy atom. The first-order chi connectivity index (χ1) is 15.1. The molecule has 1 aliphatic rings. The molecule has 0 bridgehead atoms. The van der Waals surface area contributed by atoms with E-state index in [0.717, 1.165) is 11.3 Å². The third-order valence-electron chi connectivity index (χ3n) is 5.08. The standard InChI is InChI=1S/C22H24N6O3/c1-2-31-18-6-4-17(5-7-18)19-8-9-20(29)28(25-19)16-21(30)26-12-14-27(15-13-26)22-23-10-3-11-24-22/h3-11H,2,12-16H2,1H3. The van der Waals surface area contributed by atoms with E-state index in [9.17, 15) is 9.59 Å². The highest BCUT2D eigenvalue weighted by molar-refractivity contribution is 5.76. The molecule has 160 valence electrons. The number of hydrogen-bond donors (Lipinski definition) is 0. The van der Waals surface area contributed by atoms with Crippen molar-refractivity contribution >= 4 is 11.9 Å². The summed E-state index contributed by atoms with van der Waals surface area (Å²) in [7, 11) is 0. The number of amides is 1. The van der Waals surface area contributed by atoms with Crippen LogP contribution >= 0.6 is 0 Å². The first-order valence-corrected chi connectivity index (χ1v) is 10.2. The molecule has 9 heteroatoms. The lowest BCUT2D eigenvalue weighted by molar-refractivity contribution is -0.132. The minimum atomic E-state index is -0.306. The van der Waals surface area contributed by atoms with Crippen LogP contribution in [0.1, 0.15) is 6.92 Å². The molecule has 0 spiro atoms. The van der Waals surface area contributed by atoms with Gasteiger partial charge >= 0.3 is 0 Å². The van der Waals surface area contributed by atoms with Gasteiger partial charge in [0.2, 0.25) is 11.9 Å². The molecular weight excluding hydrogens is 396 g/mol. The van der Waals surface area contributed by atoms with Crippen LogP contribution in [-0.4, -0.2) is 63.3 Å². The van der Waals surface area contributed by atoms with Gasteiger partial charge < -0.3 is 14.5 Å². The van der Waals surface area contributed by atoms with Gasteiger partial charge in [-0.2, -0.15) is 5.10 Å². The number of hydrogen-bond acceptors (Lipinski definition) is 7. The van der Waals surface area contributed by atoms with E-state index < -0.39 is 0 Å². The molecule has 0 N–H and O–H groups in total. The maximum Gasteiger partial charge on any atom is 0.267 e. The Morgan fingerprint density at radius 2 is 1.71 bits per heavy atom. The van der Waals surface area contributed by atoms with Gasteiger partial charge in [-0.15, -0.1) is 0 Å². The van der Waals surface area contributed by atoms with E-state index in [1.165, 1.54) is 10.7 Å². The highest BCUT2D eigenvalue weighted by Crippen LogP contribution is 2.20. The third kappa shape index (κ3) is 4.88. The molecule has 0 radical (unpaired) electrons. The molecule has 3 heterocycles. The average molecular weight is 420 g/mol. The summed E-state index contributed by atoms with van der Waals surface area (Å²) in [4.78, 5) is 37.4. The fraction of sp³-hybridized carbons (Fsp3) is 0.318. The number of piperazine rings is 1. The Labute approximate surface area is 179 Å². The fourth-order valence-corrected chi connectivity index (χ4v) is 3.44. The Hall–Kier alpha value is -3.75. The Bertz CT molecular complexity index is 1080. The van der Waals surface area contributed by atoms with Crippen molar-refractivity contribution in [3.8, 4) is 17.0 Å². The van der Waals surface area contributed by atoms with Crippen LogP contribution in [0.4, 0.5) is 5.95 Å². The molecule has 31 heavy (non-hydrogen) atoms. The van der Waals surface area contributed by atoms with Crippen molar-refractivity contribution < 1.29 is 9.53 Å². The summed E-state index contributed by atoms with van der Waals surface area (Å²) in [5, 5.41) is 4.40. The van der Waals surface area contributed by atoms with E-state index >= 15 is 0 Å². The second-order valence-corrected chi connectivity index (χ2v) is 7.09. The van der Waals surface area contributed by atoms with Crippen LogP contribution in [0.3, 0.4) is 0 Å². The molecule has 3 aromatic rings. The zero-order chi connectivity index (χ0) is 21.6. The second kappa shape index (κ2) is 9.38. The van der Waals surface area contributed by atoms with E-state index in [2.05, 4.69) is 15.1 Å². The van der Waals surface area contributed by atoms with Crippen molar-refractivity contribution in [3.63, 3.8) is 0 Å². The molecule has 1 saturated heterocycles. The third-order valence-corrected chi connectivity index (χ3v) is 5.08. The molecule has 0 aliphatic carbocycles. The topological polar surface area (TPSA) is 93.5 Å². The highest BCUT2D eigenvalue weighted by atomic mass is 16.5. The van der Waals surface area contributed by atoms with Crippen molar-refractivity contribution in [1.29, 1.82) is 0 Å². The quantitative estimate of drug-likeness (QED) is 0.596. The summed E-state index contributed by atoms with van der Waals surface area (Å²) >= 11 is 0. The van der Waals surface area contributed by atoms with E-state index in [1.807, 2.05) is 36.1 Å². The predicted molar refractivity (Wildman–Crippen MR) is 116 cm³/mol. The predicted octanol–water partition coefficient (Wildman–Crippen LogP) is 1.45. The Morgan fingerprint density at radius 1 is 1.00 bits per heavy atom. The monoisotopic (exact) mass is 420 g/mol. The number of nitrogens with zero attached hydrogens (tertiary/aromatic N) is 6. The van der Waals surface area contributed by atoms with Gasteiger partial charge in [0, 0.05) is 50.2 Å². The maximum absolute atomic E-state index is 12.8. The smallest absolute Gasteiger partial charge is 0.267 e. The van der Waals surface area contributed by atoms with E-state index in [4.69, 9.17) is 4.74 Å². The van der Waals surface area contributed by atoms with Crippen LogP contribution in [0.15, 0.2) is 59.7 Å². The molecule has 4 rings (SSSR count). The SMILES string of the molecule is CCOc1ccc(-c2ccc(=O)n(CC(=O)N3CCN(c4ncccn4)CC3)n2)cc1. The van der Waals surface area contributed by atoms with Gasteiger partial charge in [-0.05, 0) is 43.3 Å². The van der Waals surface area contributed by atoms with Crippen molar-refractivity contribution in [2.75, 3.05) is 37.7 Å². The minimum absolute atomic E-state index is 0.0917.